The fraction of sp³-hybridized carbons (Fsp3) is 0.706. The Morgan fingerprint density at radius 3 is 2.33 bits per heavy atom. The van der Waals surface area contributed by atoms with Gasteiger partial charge in [0.05, 0.1) is 0 Å². The maximum absolute atomic E-state index is 5.55. The lowest BCUT2D eigenvalue weighted by molar-refractivity contribution is 0.254. The van der Waals surface area contributed by atoms with Crippen LogP contribution in [0.25, 0.3) is 0 Å². The van der Waals surface area contributed by atoms with E-state index in [0.717, 1.165) is 13.0 Å². The molecule has 1 aliphatic rings. The van der Waals surface area contributed by atoms with E-state index in [0.29, 0.717) is 0 Å². The minimum absolute atomic E-state index is 0.836. The van der Waals surface area contributed by atoms with Crippen molar-refractivity contribution in [2.75, 3.05) is 45.8 Å². The third-order valence-electron chi connectivity index (χ3n) is 4.33. The number of pyridine rings is 1. The molecule has 1 fully saturated rings. The van der Waals surface area contributed by atoms with E-state index in [1.165, 1.54) is 70.5 Å². The molecule has 1 saturated heterocycles. The minimum Gasteiger partial charge on any atom is -0.330 e. The second kappa shape index (κ2) is 9.87. The van der Waals surface area contributed by atoms with Gasteiger partial charge in [-0.05, 0) is 69.6 Å². The van der Waals surface area contributed by atoms with Crippen LogP contribution >= 0.6 is 0 Å². The summed E-state index contributed by atoms with van der Waals surface area (Å²) in [5, 5.41) is 0. The van der Waals surface area contributed by atoms with Crippen LogP contribution in [0.4, 0.5) is 0 Å². The summed E-state index contributed by atoms with van der Waals surface area (Å²) in [5.74, 6) is 0. The summed E-state index contributed by atoms with van der Waals surface area (Å²) in [7, 11) is 0. The molecule has 1 aromatic heterocycles. The second-order valence-electron chi connectivity index (χ2n) is 5.99. The van der Waals surface area contributed by atoms with Gasteiger partial charge >= 0.3 is 0 Å². The number of nitrogens with zero attached hydrogens (tertiary/aromatic N) is 3. The van der Waals surface area contributed by atoms with E-state index in [1.54, 1.807) is 0 Å². The molecule has 2 rings (SSSR count). The van der Waals surface area contributed by atoms with Gasteiger partial charge in [0.25, 0.3) is 0 Å². The molecule has 1 aliphatic heterocycles. The van der Waals surface area contributed by atoms with Crippen LogP contribution in [0.2, 0.25) is 0 Å². The van der Waals surface area contributed by atoms with Crippen LogP contribution in [-0.4, -0.2) is 60.6 Å². The number of hydrogen-bond donors (Lipinski definition) is 1. The minimum atomic E-state index is 0.836. The van der Waals surface area contributed by atoms with Crippen molar-refractivity contribution < 1.29 is 0 Å². The van der Waals surface area contributed by atoms with Crippen LogP contribution in [0, 0.1) is 0 Å². The van der Waals surface area contributed by atoms with Gasteiger partial charge in [0.15, 0.2) is 0 Å². The summed E-state index contributed by atoms with van der Waals surface area (Å²) in [5.41, 5.74) is 6.94. The first kappa shape index (κ1) is 16.4. The van der Waals surface area contributed by atoms with Crippen molar-refractivity contribution in [3.8, 4) is 0 Å². The summed E-state index contributed by atoms with van der Waals surface area (Å²) in [6.45, 7) is 8.19. The zero-order valence-electron chi connectivity index (χ0n) is 13.2. The average Bonchev–Trinajstić information content (AvgIpc) is 2.76. The predicted molar refractivity (Wildman–Crippen MR) is 88.3 cm³/mol. The molecule has 4 heteroatoms. The molecular formula is C17H30N4. The van der Waals surface area contributed by atoms with E-state index in [-0.39, 0.29) is 0 Å². The SMILES string of the molecule is NCCCCCN1CCCN(CCc2ccncc2)CC1. The van der Waals surface area contributed by atoms with Gasteiger partial charge < -0.3 is 15.5 Å². The van der Waals surface area contributed by atoms with Crippen LogP contribution < -0.4 is 5.73 Å². The quantitative estimate of drug-likeness (QED) is 0.741. The van der Waals surface area contributed by atoms with E-state index in [9.17, 15) is 0 Å². The van der Waals surface area contributed by atoms with E-state index < -0.39 is 0 Å². The Labute approximate surface area is 129 Å². The zero-order valence-corrected chi connectivity index (χ0v) is 13.2. The molecule has 0 unspecified atom stereocenters. The lowest BCUT2D eigenvalue weighted by atomic mass is 10.2. The highest BCUT2D eigenvalue weighted by molar-refractivity contribution is 5.09. The molecule has 0 amide bonds. The number of rotatable bonds is 8. The van der Waals surface area contributed by atoms with Crippen LogP contribution in [0.15, 0.2) is 24.5 Å². The van der Waals surface area contributed by atoms with Crippen LogP contribution in [-0.2, 0) is 6.42 Å². The first-order valence-electron chi connectivity index (χ1n) is 8.42. The van der Waals surface area contributed by atoms with E-state index in [2.05, 4.69) is 26.9 Å². The fourth-order valence-corrected chi connectivity index (χ4v) is 2.96. The van der Waals surface area contributed by atoms with Crippen LogP contribution in [0.1, 0.15) is 31.2 Å². The van der Waals surface area contributed by atoms with Crippen molar-refractivity contribution >= 4 is 0 Å². The Bertz CT molecular complexity index is 368. The number of hydrogen-bond acceptors (Lipinski definition) is 4. The number of aromatic nitrogens is 1. The first-order valence-corrected chi connectivity index (χ1v) is 8.42. The molecule has 0 aromatic carbocycles. The largest absolute Gasteiger partial charge is 0.330 e. The van der Waals surface area contributed by atoms with Crippen molar-refractivity contribution in [2.45, 2.75) is 32.1 Å². The van der Waals surface area contributed by atoms with Gasteiger partial charge in [0.1, 0.15) is 0 Å². The molecule has 0 spiro atoms. The maximum atomic E-state index is 5.55. The highest BCUT2D eigenvalue weighted by Gasteiger charge is 2.14. The summed E-state index contributed by atoms with van der Waals surface area (Å²) in [4.78, 5) is 9.32. The van der Waals surface area contributed by atoms with Gasteiger partial charge in [0, 0.05) is 32.0 Å². The lowest BCUT2D eigenvalue weighted by Gasteiger charge is -2.21. The average molecular weight is 290 g/mol. The molecule has 0 saturated carbocycles. The Morgan fingerprint density at radius 2 is 1.62 bits per heavy atom. The van der Waals surface area contributed by atoms with Crippen molar-refractivity contribution in [1.82, 2.24) is 14.8 Å². The summed E-state index contributed by atoms with van der Waals surface area (Å²) >= 11 is 0. The monoisotopic (exact) mass is 290 g/mol. The molecule has 1 aromatic rings. The van der Waals surface area contributed by atoms with Gasteiger partial charge in [0.2, 0.25) is 0 Å². The van der Waals surface area contributed by atoms with Crippen molar-refractivity contribution in [3.63, 3.8) is 0 Å². The molecule has 21 heavy (non-hydrogen) atoms. The Hall–Kier alpha value is -0.970. The van der Waals surface area contributed by atoms with Crippen molar-refractivity contribution in [3.05, 3.63) is 30.1 Å². The number of unbranched alkanes of at least 4 members (excludes halogenated alkanes) is 2. The lowest BCUT2D eigenvalue weighted by Crippen LogP contribution is -2.32. The standard InChI is InChI=1S/C17H30N4/c18-8-2-1-3-11-20-12-4-13-21(16-15-20)14-7-17-5-9-19-10-6-17/h5-6,9-10H,1-4,7-8,11-16,18H2. The van der Waals surface area contributed by atoms with E-state index >= 15 is 0 Å². The topological polar surface area (TPSA) is 45.4 Å². The van der Waals surface area contributed by atoms with Crippen molar-refractivity contribution in [2.24, 2.45) is 5.73 Å². The first-order chi connectivity index (χ1) is 10.4. The predicted octanol–water partition coefficient (Wildman–Crippen LogP) is 1.76. The summed E-state index contributed by atoms with van der Waals surface area (Å²) in [6.07, 6.45) is 9.97. The van der Waals surface area contributed by atoms with Crippen LogP contribution in [0.5, 0.6) is 0 Å². The highest BCUT2D eigenvalue weighted by Crippen LogP contribution is 2.07. The van der Waals surface area contributed by atoms with Gasteiger partial charge in [-0.1, -0.05) is 6.42 Å². The van der Waals surface area contributed by atoms with E-state index in [4.69, 9.17) is 5.73 Å². The number of nitrogens with two attached hydrogens (primary N) is 1. The molecule has 118 valence electrons. The van der Waals surface area contributed by atoms with Gasteiger partial charge in [-0.3, -0.25) is 4.98 Å². The summed E-state index contributed by atoms with van der Waals surface area (Å²) in [6, 6.07) is 4.25. The van der Waals surface area contributed by atoms with Gasteiger partial charge in [-0.15, -0.1) is 0 Å². The van der Waals surface area contributed by atoms with Gasteiger partial charge in [-0.2, -0.15) is 0 Å². The zero-order chi connectivity index (χ0) is 14.8. The Morgan fingerprint density at radius 1 is 0.905 bits per heavy atom. The third kappa shape index (κ3) is 6.55. The molecule has 4 nitrogen and oxygen atoms in total. The molecule has 2 N–H and O–H groups in total. The molecule has 0 aliphatic carbocycles. The molecule has 0 radical (unpaired) electrons. The highest BCUT2D eigenvalue weighted by atomic mass is 15.2. The van der Waals surface area contributed by atoms with Crippen LogP contribution in [0.3, 0.4) is 0 Å². The van der Waals surface area contributed by atoms with E-state index in [1.807, 2.05) is 12.4 Å². The molecule has 0 bridgehead atoms. The Kier molecular flexibility index (Phi) is 7.71. The van der Waals surface area contributed by atoms with Gasteiger partial charge in [-0.25, -0.2) is 0 Å². The normalized spacial score (nSPS) is 17.8. The smallest absolute Gasteiger partial charge is 0.0270 e. The second-order valence-corrected chi connectivity index (χ2v) is 5.99. The Balaban J connectivity index is 1.64. The molecule has 2 heterocycles. The van der Waals surface area contributed by atoms with Crippen molar-refractivity contribution in [1.29, 1.82) is 0 Å². The molecule has 0 atom stereocenters. The summed E-state index contributed by atoms with van der Waals surface area (Å²) < 4.78 is 0. The maximum Gasteiger partial charge on any atom is 0.0270 e. The third-order valence-corrected chi connectivity index (χ3v) is 4.33. The fourth-order valence-electron chi connectivity index (χ4n) is 2.96. The molecular weight excluding hydrogens is 260 g/mol.